The van der Waals surface area contributed by atoms with Gasteiger partial charge in [0.05, 0.1) is 0 Å². The number of aromatic nitrogens is 2. The number of anilines is 1. The number of aromatic amines is 1. The molecule has 4 nitrogen and oxygen atoms in total. The lowest BCUT2D eigenvalue weighted by Crippen LogP contribution is -2.07. The molecule has 0 spiro atoms. The lowest BCUT2D eigenvalue weighted by molar-refractivity contribution is -0.111. The Hall–Kier alpha value is -3.66. The van der Waals surface area contributed by atoms with E-state index in [1.807, 2.05) is 80.0 Å². The number of nitrogens with one attached hydrogen (secondary N) is 2. The fraction of sp³-hybridized carbons (Fsp3) is 0.0435. The van der Waals surface area contributed by atoms with Gasteiger partial charge in [0.1, 0.15) is 5.65 Å². The zero-order valence-electron chi connectivity index (χ0n) is 14.9. The summed E-state index contributed by atoms with van der Waals surface area (Å²) in [6, 6.07) is 19.9. The lowest BCUT2D eigenvalue weighted by atomic mass is 10.0. The van der Waals surface area contributed by atoms with Crippen molar-refractivity contribution in [2.24, 2.45) is 0 Å². The molecule has 0 aliphatic rings. The number of nitrogens with zero attached hydrogens (tertiary/aromatic N) is 1. The van der Waals surface area contributed by atoms with Gasteiger partial charge in [0.15, 0.2) is 0 Å². The second kappa shape index (κ2) is 7.30. The van der Waals surface area contributed by atoms with Crippen molar-refractivity contribution in [3.05, 3.63) is 90.3 Å². The highest BCUT2D eigenvalue weighted by atomic mass is 16.1. The molecule has 0 aliphatic carbocycles. The van der Waals surface area contributed by atoms with Gasteiger partial charge in [-0.15, -0.1) is 0 Å². The van der Waals surface area contributed by atoms with Crippen molar-refractivity contribution >= 4 is 28.7 Å². The quantitative estimate of drug-likeness (QED) is 0.496. The van der Waals surface area contributed by atoms with Crippen molar-refractivity contribution < 1.29 is 4.79 Å². The fourth-order valence-corrected chi connectivity index (χ4v) is 2.91. The van der Waals surface area contributed by atoms with Crippen molar-refractivity contribution in [1.29, 1.82) is 0 Å². The minimum Gasteiger partial charge on any atom is -0.346 e. The van der Waals surface area contributed by atoms with Crippen molar-refractivity contribution in [2.45, 2.75) is 6.92 Å². The van der Waals surface area contributed by atoms with Gasteiger partial charge < -0.3 is 10.3 Å². The Bertz CT molecular complexity index is 1120. The summed E-state index contributed by atoms with van der Waals surface area (Å²) in [6.07, 6.45) is 7.10. The third-order valence-electron chi connectivity index (χ3n) is 4.37. The number of carbonyl (C=O) groups is 1. The van der Waals surface area contributed by atoms with Crippen LogP contribution in [0.3, 0.4) is 0 Å². The van der Waals surface area contributed by atoms with Crippen LogP contribution in [0.15, 0.2) is 79.1 Å². The van der Waals surface area contributed by atoms with Crippen LogP contribution in [0.4, 0.5) is 5.69 Å². The molecule has 4 heteroatoms. The molecular formula is C23H19N3O. The van der Waals surface area contributed by atoms with Gasteiger partial charge in [-0.2, -0.15) is 0 Å². The number of hydrogen-bond acceptors (Lipinski definition) is 2. The van der Waals surface area contributed by atoms with Crippen molar-refractivity contribution in [3.8, 4) is 11.1 Å². The molecule has 2 heterocycles. The molecule has 0 aliphatic heterocycles. The van der Waals surface area contributed by atoms with Crippen molar-refractivity contribution in [2.75, 3.05) is 5.32 Å². The highest BCUT2D eigenvalue weighted by Gasteiger charge is 2.03. The molecule has 0 saturated heterocycles. The van der Waals surface area contributed by atoms with Crippen LogP contribution in [0.5, 0.6) is 0 Å². The zero-order valence-corrected chi connectivity index (χ0v) is 14.9. The molecule has 27 heavy (non-hydrogen) atoms. The maximum absolute atomic E-state index is 12.1. The summed E-state index contributed by atoms with van der Waals surface area (Å²) in [4.78, 5) is 19.7. The number of benzene rings is 2. The highest BCUT2D eigenvalue weighted by Crippen LogP contribution is 2.23. The Labute approximate surface area is 157 Å². The summed E-state index contributed by atoms with van der Waals surface area (Å²) in [6.45, 7) is 2.02. The van der Waals surface area contributed by atoms with Gasteiger partial charge in [0.25, 0.3) is 0 Å². The Kier molecular flexibility index (Phi) is 4.54. The standard InChI is InChI=1S/C23H19N3O/c1-16-5-8-21(9-6-16)26-22(27)10-7-17-3-2-4-18(13-17)20-14-19-11-12-24-23(19)25-15-20/h2-15H,1H3,(H,24,25)(H,26,27). The van der Waals surface area contributed by atoms with E-state index in [2.05, 4.69) is 21.4 Å². The Morgan fingerprint density at radius 1 is 1.04 bits per heavy atom. The van der Waals surface area contributed by atoms with E-state index in [1.54, 1.807) is 6.08 Å². The van der Waals surface area contributed by atoms with Crippen molar-refractivity contribution in [3.63, 3.8) is 0 Å². The number of pyridine rings is 1. The van der Waals surface area contributed by atoms with Crippen LogP contribution in [-0.2, 0) is 4.79 Å². The first-order valence-corrected chi connectivity index (χ1v) is 8.77. The van der Waals surface area contributed by atoms with Crippen LogP contribution in [0.1, 0.15) is 11.1 Å². The number of carbonyl (C=O) groups excluding carboxylic acids is 1. The van der Waals surface area contributed by atoms with Gasteiger partial charge >= 0.3 is 0 Å². The number of hydrogen-bond donors (Lipinski definition) is 2. The molecular weight excluding hydrogens is 334 g/mol. The smallest absolute Gasteiger partial charge is 0.248 e. The van der Waals surface area contributed by atoms with Crippen LogP contribution < -0.4 is 5.32 Å². The topological polar surface area (TPSA) is 57.8 Å². The average molecular weight is 353 g/mol. The summed E-state index contributed by atoms with van der Waals surface area (Å²) in [5.74, 6) is -0.153. The molecule has 0 fully saturated rings. The van der Waals surface area contributed by atoms with E-state index >= 15 is 0 Å². The van der Waals surface area contributed by atoms with Crippen LogP contribution in [0.2, 0.25) is 0 Å². The number of rotatable bonds is 4. The lowest BCUT2D eigenvalue weighted by Gasteiger charge is -2.04. The van der Waals surface area contributed by atoms with Gasteiger partial charge in [-0.1, -0.05) is 35.9 Å². The van der Waals surface area contributed by atoms with Crippen molar-refractivity contribution in [1.82, 2.24) is 9.97 Å². The van der Waals surface area contributed by atoms with Gasteiger partial charge in [0.2, 0.25) is 5.91 Å². The molecule has 2 aromatic heterocycles. The van der Waals surface area contributed by atoms with Gasteiger partial charge in [0, 0.05) is 35.1 Å². The van der Waals surface area contributed by atoms with E-state index in [4.69, 9.17) is 0 Å². The van der Waals surface area contributed by atoms with E-state index in [-0.39, 0.29) is 5.91 Å². The minimum atomic E-state index is -0.153. The highest BCUT2D eigenvalue weighted by molar-refractivity contribution is 6.02. The SMILES string of the molecule is Cc1ccc(NC(=O)C=Cc2cccc(-c3cnc4[nH]ccc4c3)c2)cc1. The van der Waals surface area contributed by atoms with Crippen LogP contribution in [-0.4, -0.2) is 15.9 Å². The predicted octanol–water partition coefficient (Wildman–Crippen LogP) is 5.19. The Balaban J connectivity index is 1.50. The fourth-order valence-electron chi connectivity index (χ4n) is 2.91. The maximum atomic E-state index is 12.1. The summed E-state index contributed by atoms with van der Waals surface area (Å²) in [5, 5.41) is 3.94. The molecule has 2 N–H and O–H groups in total. The van der Waals surface area contributed by atoms with Gasteiger partial charge in [-0.25, -0.2) is 4.98 Å². The molecule has 0 atom stereocenters. The van der Waals surface area contributed by atoms with Gasteiger partial charge in [-0.3, -0.25) is 4.79 Å². The molecule has 1 amide bonds. The predicted molar refractivity (Wildman–Crippen MR) is 110 cm³/mol. The molecule has 132 valence electrons. The zero-order chi connectivity index (χ0) is 18.6. The second-order valence-electron chi connectivity index (χ2n) is 6.45. The third-order valence-corrected chi connectivity index (χ3v) is 4.37. The van der Waals surface area contributed by atoms with Crippen LogP contribution in [0, 0.1) is 6.92 Å². The molecule has 4 aromatic rings. The Morgan fingerprint density at radius 2 is 1.89 bits per heavy atom. The van der Waals surface area contributed by atoms with Crippen LogP contribution in [0.25, 0.3) is 28.2 Å². The monoisotopic (exact) mass is 353 g/mol. The summed E-state index contributed by atoms with van der Waals surface area (Å²) in [7, 11) is 0. The first kappa shape index (κ1) is 16.8. The Morgan fingerprint density at radius 3 is 2.74 bits per heavy atom. The number of aryl methyl sites for hydroxylation is 1. The molecule has 0 bridgehead atoms. The summed E-state index contributed by atoms with van der Waals surface area (Å²) >= 11 is 0. The molecule has 2 aromatic carbocycles. The number of fused-ring (bicyclic) bond motifs is 1. The third kappa shape index (κ3) is 3.96. The minimum absolute atomic E-state index is 0.153. The van der Waals surface area contributed by atoms with Crippen LogP contribution >= 0.6 is 0 Å². The summed E-state index contributed by atoms with van der Waals surface area (Å²) < 4.78 is 0. The number of amides is 1. The van der Waals surface area contributed by atoms with E-state index in [0.29, 0.717) is 0 Å². The first-order valence-electron chi connectivity index (χ1n) is 8.77. The van der Waals surface area contributed by atoms with E-state index in [0.717, 1.165) is 39.0 Å². The maximum Gasteiger partial charge on any atom is 0.248 e. The summed E-state index contributed by atoms with van der Waals surface area (Å²) in [5.41, 5.74) is 5.89. The largest absolute Gasteiger partial charge is 0.346 e. The van der Waals surface area contributed by atoms with Gasteiger partial charge in [-0.05, 0) is 54.5 Å². The normalized spacial score (nSPS) is 11.1. The molecule has 0 saturated carbocycles. The first-order chi connectivity index (χ1) is 13.2. The molecule has 0 radical (unpaired) electrons. The number of H-pyrrole nitrogens is 1. The average Bonchev–Trinajstić information content (AvgIpc) is 3.16. The van der Waals surface area contributed by atoms with E-state index in [1.165, 1.54) is 0 Å². The molecule has 0 unspecified atom stereocenters. The molecule has 4 rings (SSSR count). The van der Waals surface area contributed by atoms with E-state index in [9.17, 15) is 4.79 Å². The second-order valence-corrected chi connectivity index (χ2v) is 6.45. The van der Waals surface area contributed by atoms with E-state index < -0.39 is 0 Å².